The quantitative estimate of drug-likeness (QED) is 0.0720. The summed E-state index contributed by atoms with van der Waals surface area (Å²) in [6.45, 7) is 16.8. The number of hydrogen-bond donors (Lipinski definition) is 0. The molecule has 0 radical (unpaired) electrons. The zero-order chi connectivity index (χ0) is 57.7. The van der Waals surface area contributed by atoms with Crippen LogP contribution < -0.4 is 9.80 Å². The van der Waals surface area contributed by atoms with Crippen LogP contribution in [0.25, 0.3) is 86.2 Å². The minimum Gasteiger partial charge on any atom is -0.268 e. The van der Waals surface area contributed by atoms with Gasteiger partial charge in [0.25, 0.3) is 23.6 Å². The smallest absolute Gasteiger partial charge is 0.266 e. The molecule has 0 fully saturated rings. The minimum atomic E-state index is -0.290. The Morgan fingerprint density at radius 3 is 0.833 bits per heavy atom. The Balaban J connectivity index is 0.748. The summed E-state index contributed by atoms with van der Waals surface area (Å²) in [5.41, 5.74) is 11.0. The molecule has 0 saturated carbocycles. The lowest BCUT2D eigenvalue weighted by atomic mass is 9.83. The third-order valence-electron chi connectivity index (χ3n) is 18.0. The Bertz CT molecular complexity index is 4730. The number of benzene rings is 13. The molecule has 0 saturated heterocycles. The fraction of sp³-hybridized carbons (Fsp3) is 0.154. The number of carbonyl (C=O) groups excluding carboxylic acids is 4. The second-order valence-electron chi connectivity index (χ2n) is 24.1. The second kappa shape index (κ2) is 18.7. The van der Waals surface area contributed by atoms with E-state index in [4.69, 9.17) is 0 Å². The molecule has 2 aliphatic rings. The summed E-state index contributed by atoms with van der Waals surface area (Å²) in [5.74, 6) is 13.2. The summed E-state index contributed by atoms with van der Waals surface area (Å²) in [5, 5.41) is 15.7. The van der Waals surface area contributed by atoms with Crippen molar-refractivity contribution in [1.29, 1.82) is 0 Å². The van der Waals surface area contributed by atoms with E-state index in [1.807, 2.05) is 84.9 Å². The number of nitrogens with zero attached hydrogens (tertiary/aromatic N) is 2. The summed E-state index contributed by atoms with van der Waals surface area (Å²) in [6.07, 6.45) is 0. The van der Waals surface area contributed by atoms with Gasteiger partial charge < -0.3 is 0 Å². The van der Waals surface area contributed by atoms with Gasteiger partial charge >= 0.3 is 0 Å². The van der Waals surface area contributed by atoms with Crippen molar-refractivity contribution in [3.63, 3.8) is 0 Å². The summed E-state index contributed by atoms with van der Waals surface area (Å²) in [4.78, 5) is 62.0. The summed E-state index contributed by atoms with van der Waals surface area (Å²) < 4.78 is 0. The van der Waals surface area contributed by atoms with Crippen molar-refractivity contribution in [3.05, 3.63) is 237 Å². The average Bonchev–Trinajstić information content (AvgIpc) is 1.07. The van der Waals surface area contributed by atoms with Crippen LogP contribution in [0.1, 0.15) is 165 Å². The largest absolute Gasteiger partial charge is 0.268 e. The van der Waals surface area contributed by atoms with Gasteiger partial charge in [-0.15, -0.1) is 0 Å². The number of para-hydroxylation sites is 2. The SMILES string of the molecule is CC(C)c1cccc(C(C)C)c1N1C(=O)c2ccc3c4cccc5c(C#Cc6ccc(C#Cc7ccc8c9ccc%10c%11c(ccc(c%12cccc7c%128)c%119)C(=O)N(c7c(C(C)C)cccc7C(C)C)C%10=O)cc6)ccc(c6ccc(c2c36)C1=O)c54. The van der Waals surface area contributed by atoms with E-state index in [1.54, 1.807) is 0 Å². The van der Waals surface area contributed by atoms with Crippen LogP contribution in [-0.2, 0) is 0 Å². The molecule has 0 aromatic heterocycles. The number of carbonyl (C=O) groups is 4. The Labute approximate surface area is 487 Å². The molecule has 0 unspecified atom stereocenters. The monoisotopic (exact) mass is 1080 g/mol. The standard InChI is InChI=1S/C78H56N2O4/c1-41(2)49-13-9-14-50(42(3)4)73(49)79-75(81)63-37-33-59-55-19-11-17-53-47(29-31-57(67(53)55)61-35-39-65(77(79)83)71(63)69(59)61)27-25-45-21-23-46(24-22-45)26-28-48-30-32-58-62-36-40-66-72-64(38-34-60(70(62)72)56-20-12-18-54(48)68(56)58)76(82)80(78(66)84)74-51(43(5)6)15-10-16-52(74)44(7)8/h9-24,29-44H,1-8H3. The van der Waals surface area contributed by atoms with Crippen LogP contribution in [0, 0.1) is 23.7 Å². The van der Waals surface area contributed by atoms with Crippen LogP contribution in [-0.4, -0.2) is 23.6 Å². The van der Waals surface area contributed by atoms with Crippen LogP contribution in [0.5, 0.6) is 0 Å². The van der Waals surface area contributed by atoms with Crippen molar-refractivity contribution in [1.82, 2.24) is 0 Å². The first-order valence-corrected chi connectivity index (χ1v) is 29.2. The fourth-order valence-corrected chi connectivity index (χ4v) is 14.1. The van der Waals surface area contributed by atoms with Gasteiger partial charge in [-0.05, 0) is 182 Å². The topological polar surface area (TPSA) is 74.8 Å². The van der Waals surface area contributed by atoms with Gasteiger partial charge in [0.1, 0.15) is 0 Å². The molecule has 6 heteroatoms. The molecular formula is C78H56N2O4. The molecule has 6 nitrogen and oxygen atoms in total. The van der Waals surface area contributed by atoms with E-state index in [0.29, 0.717) is 44.4 Å². The van der Waals surface area contributed by atoms with Gasteiger partial charge in [0.2, 0.25) is 0 Å². The van der Waals surface area contributed by atoms with Crippen molar-refractivity contribution in [2.24, 2.45) is 0 Å². The first kappa shape index (κ1) is 50.8. The van der Waals surface area contributed by atoms with Crippen LogP contribution in [0.15, 0.2) is 170 Å². The highest BCUT2D eigenvalue weighted by atomic mass is 16.2. The first-order chi connectivity index (χ1) is 40.7. The van der Waals surface area contributed by atoms with Gasteiger partial charge in [0.05, 0.1) is 11.4 Å². The molecule has 402 valence electrons. The number of imide groups is 2. The summed E-state index contributed by atoms with van der Waals surface area (Å²) >= 11 is 0. The van der Waals surface area contributed by atoms with Gasteiger partial charge in [0, 0.05) is 55.3 Å². The second-order valence-corrected chi connectivity index (χ2v) is 24.1. The van der Waals surface area contributed by atoms with Crippen molar-refractivity contribution < 1.29 is 19.2 Å². The first-order valence-electron chi connectivity index (χ1n) is 29.2. The Morgan fingerprint density at radius 1 is 0.262 bits per heavy atom. The predicted octanol–water partition coefficient (Wildman–Crippen LogP) is 18.7. The van der Waals surface area contributed by atoms with Gasteiger partial charge in [-0.3, -0.25) is 19.2 Å². The van der Waals surface area contributed by atoms with Crippen LogP contribution in [0.3, 0.4) is 0 Å². The normalized spacial score (nSPS) is 13.5. The number of hydrogen-bond acceptors (Lipinski definition) is 4. The van der Waals surface area contributed by atoms with E-state index >= 15 is 0 Å². The molecule has 0 aliphatic carbocycles. The molecular weight excluding hydrogens is 1030 g/mol. The molecule has 4 amide bonds. The highest BCUT2D eigenvalue weighted by molar-refractivity contribution is 6.44. The van der Waals surface area contributed by atoms with Crippen molar-refractivity contribution in [3.8, 4) is 23.7 Å². The third kappa shape index (κ3) is 7.20. The highest BCUT2D eigenvalue weighted by Gasteiger charge is 2.40. The van der Waals surface area contributed by atoms with Crippen LogP contribution in [0.2, 0.25) is 0 Å². The molecule has 13 aromatic rings. The van der Waals surface area contributed by atoms with E-state index in [2.05, 4.69) is 164 Å². The number of fused-ring (bicyclic) bond motifs is 4. The average molecular weight is 1090 g/mol. The molecule has 0 atom stereocenters. The highest BCUT2D eigenvalue weighted by Crippen LogP contribution is 2.49. The van der Waals surface area contributed by atoms with E-state index in [9.17, 15) is 19.2 Å². The predicted molar refractivity (Wildman–Crippen MR) is 345 cm³/mol. The molecule has 13 aromatic carbocycles. The van der Waals surface area contributed by atoms with Gasteiger partial charge in [0.15, 0.2) is 0 Å². The maximum absolute atomic E-state index is 14.8. The number of anilines is 2. The van der Waals surface area contributed by atoms with E-state index in [1.165, 1.54) is 9.80 Å². The molecule has 0 bridgehead atoms. The lowest BCUT2D eigenvalue weighted by Gasteiger charge is -2.32. The summed E-state index contributed by atoms with van der Waals surface area (Å²) in [7, 11) is 0. The van der Waals surface area contributed by atoms with Crippen LogP contribution >= 0.6 is 0 Å². The summed E-state index contributed by atoms with van der Waals surface area (Å²) in [6, 6.07) is 57.2. The maximum atomic E-state index is 14.8. The van der Waals surface area contributed by atoms with Crippen molar-refractivity contribution in [2.75, 3.05) is 9.80 Å². The minimum absolute atomic E-state index is 0.111. The van der Waals surface area contributed by atoms with Crippen LogP contribution in [0.4, 0.5) is 11.4 Å². The molecule has 0 N–H and O–H groups in total. The van der Waals surface area contributed by atoms with Gasteiger partial charge in [-0.1, -0.05) is 188 Å². The lowest BCUT2D eigenvalue weighted by Crippen LogP contribution is -2.41. The zero-order valence-corrected chi connectivity index (χ0v) is 48.0. The molecule has 2 heterocycles. The molecule has 84 heavy (non-hydrogen) atoms. The molecule has 15 rings (SSSR count). The fourth-order valence-electron chi connectivity index (χ4n) is 14.1. The van der Waals surface area contributed by atoms with Crippen molar-refractivity contribution >= 4 is 121 Å². The van der Waals surface area contributed by atoms with Crippen molar-refractivity contribution in [2.45, 2.75) is 79.1 Å². The number of amides is 4. The van der Waals surface area contributed by atoms with E-state index in [-0.39, 0.29) is 47.3 Å². The van der Waals surface area contributed by atoms with E-state index < -0.39 is 0 Å². The number of rotatable bonds is 6. The third-order valence-corrected chi connectivity index (χ3v) is 18.0. The zero-order valence-electron chi connectivity index (χ0n) is 48.0. The van der Waals surface area contributed by atoms with E-state index in [0.717, 1.165) is 120 Å². The Hall–Kier alpha value is -10.1. The molecule has 2 aliphatic heterocycles. The van der Waals surface area contributed by atoms with Gasteiger partial charge in [-0.2, -0.15) is 0 Å². The lowest BCUT2D eigenvalue weighted by molar-refractivity contribution is 0.0877. The Kier molecular flexibility index (Phi) is 11.3. The molecule has 0 spiro atoms. The Morgan fingerprint density at radius 2 is 0.524 bits per heavy atom. The van der Waals surface area contributed by atoms with Gasteiger partial charge in [-0.25, -0.2) is 9.80 Å². The maximum Gasteiger partial charge on any atom is 0.266 e.